The number of benzene rings is 3. The number of hydrogen-bond acceptors (Lipinski definition) is 13. The first-order valence-corrected chi connectivity index (χ1v) is 18.8. The minimum atomic E-state index is -4.42. The zero-order valence-electron chi connectivity index (χ0n) is 30.7. The van der Waals surface area contributed by atoms with Crippen molar-refractivity contribution in [2.75, 3.05) is 25.6 Å². The summed E-state index contributed by atoms with van der Waals surface area (Å²) in [5, 5.41) is 30.2. The van der Waals surface area contributed by atoms with Crippen molar-refractivity contribution in [2.45, 2.75) is 71.2 Å². The first-order chi connectivity index (χ1) is 25.6. The number of halogens is 1. The number of esters is 1. The number of aliphatic hydroxyl groups excluding tert-OH is 1. The fourth-order valence-corrected chi connectivity index (χ4v) is 7.33. The molecule has 1 aliphatic heterocycles. The summed E-state index contributed by atoms with van der Waals surface area (Å²) in [5.74, 6) is -0.535. The summed E-state index contributed by atoms with van der Waals surface area (Å²) in [6.07, 6.45) is -2.73. The van der Waals surface area contributed by atoms with Gasteiger partial charge in [0.05, 0.1) is 26.7 Å². The topological polar surface area (TPSA) is 188 Å². The second-order valence-electron chi connectivity index (χ2n) is 14.4. The molecule has 1 saturated heterocycles. The van der Waals surface area contributed by atoms with Gasteiger partial charge in [-0.1, -0.05) is 69.3 Å². The predicted molar refractivity (Wildman–Crippen MR) is 197 cm³/mol. The van der Waals surface area contributed by atoms with Crippen LogP contribution in [0.15, 0.2) is 73.1 Å². The van der Waals surface area contributed by atoms with Crippen LogP contribution in [0.5, 0.6) is 11.6 Å². The van der Waals surface area contributed by atoms with E-state index in [1.54, 1.807) is 36.4 Å². The summed E-state index contributed by atoms with van der Waals surface area (Å²) in [6.45, 7) is 8.42. The SMILES string of the molecule is COc1nc(NCc2ccc(F)cc2)nc2c1ncn2[C@@H]1O[C@H](COP(=O)(N[C@@H](C)C(=O)OCC(C)(C)C)Oc2cccc3ccccc23)[C@@H](O)[C@@]1(C)O. The van der Waals surface area contributed by atoms with Gasteiger partial charge >= 0.3 is 13.7 Å². The van der Waals surface area contributed by atoms with Crippen LogP contribution >= 0.6 is 7.75 Å². The quantitative estimate of drug-likeness (QED) is 0.0817. The lowest BCUT2D eigenvalue weighted by molar-refractivity contribution is -0.148. The number of anilines is 1. The van der Waals surface area contributed by atoms with Gasteiger partial charge in [-0.3, -0.25) is 13.9 Å². The highest BCUT2D eigenvalue weighted by atomic mass is 31.2. The van der Waals surface area contributed by atoms with Crippen LogP contribution in [0, 0.1) is 11.2 Å². The average molecular weight is 767 g/mol. The van der Waals surface area contributed by atoms with Gasteiger partial charge < -0.3 is 34.3 Å². The monoisotopic (exact) mass is 766 g/mol. The number of methoxy groups -OCH3 is 1. The Kier molecular flexibility index (Phi) is 11.2. The van der Waals surface area contributed by atoms with Crippen molar-refractivity contribution in [3.05, 3.63) is 84.4 Å². The molecule has 15 nitrogen and oxygen atoms in total. The molecule has 0 spiro atoms. The molecule has 0 amide bonds. The van der Waals surface area contributed by atoms with Gasteiger partial charge in [0.2, 0.25) is 11.8 Å². The standard InChI is InChI=1S/C37H44FN6O9P/c1-22(33(46)50-20-36(2,3)4)43-54(48,53-27-13-9-11-24-10-7-8-12-26(24)27)51-19-28-30(45)37(5,47)34(52-28)44-21-40-29-31(44)41-35(42-32(29)49-6)39-18-23-14-16-25(38)17-15-23/h7-17,21-22,28,30,34,45,47H,18-20H2,1-6H3,(H,43,48)(H,39,41,42)/t22-,28+,30+,34+,37+,54?/m0/s1. The largest absolute Gasteiger partial charge is 0.479 e. The smallest absolute Gasteiger partial charge is 0.459 e. The van der Waals surface area contributed by atoms with E-state index in [4.69, 9.17) is 23.3 Å². The van der Waals surface area contributed by atoms with E-state index >= 15 is 0 Å². The minimum absolute atomic E-state index is 0.122. The summed E-state index contributed by atoms with van der Waals surface area (Å²) in [5.41, 5.74) is -1.02. The predicted octanol–water partition coefficient (Wildman–Crippen LogP) is 5.52. The van der Waals surface area contributed by atoms with Crippen LogP contribution in [-0.2, 0) is 29.9 Å². The Labute approximate surface area is 311 Å². The fraction of sp³-hybridized carbons (Fsp3) is 0.405. The number of nitrogens with one attached hydrogen (secondary N) is 2. The van der Waals surface area contributed by atoms with Crippen LogP contribution in [-0.4, -0.2) is 79.9 Å². The molecule has 17 heteroatoms. The highest BCUT2D eigenvalue weighted by Crippen LogP contribution is 2.48. The highest BCUT2D eigenvalue weighted by molar-refractivity contribution is 7.52. The molecular formula is C37H44FN6O9P. The number of carbonyl (C=O) groups excluding carboxylic acids is 1. The summed E-state index contributed by atoms with van der Waals surface area (Å²) < 4.78 is 58.4. The number of hydrogen-bond donors (Lipinski definition) is 4. The van der Waals surface area contributed by atoms with Crippen molar-refractivity contribution in [3.8, 4) is 11.6 Å². The molecule has 0 saturated carbocycles. The van der Waals surface area contributed by atoms with Crippen LogP contribution < -0.4 is 19.7 Å². The maximum Gasteiger partial charge on any atom is 0.459 e. The third-order valence-corrected chi connectivity index (χ3v) is 10.3. The summed E-state index contributed by atoms with van der Waals surface area (Å²) in [6, 6.07) is 17.3. The number of aromatic nitrogens is 4. The Balaban J connectivity index is 1.24. The number of aliphatic hydroxyl groups is 2. The molecule has 6 atom stereocenters. The van der Waals surface area contributed by atoms with E-state index in [0.29, 0.717) is 5.39 Å². The summed E-state index contributed by atoms with van der Waals surface area (Å²) >= 11 is 0. The van der Waals surface area contributed by atoms with Gasteiger partial charge in [0.25, 0.3) is 0 Å². The number of rotatable bonds is 14. The maximum atomic E-state index is 14.5. The van der Waals surface area contributed by atoms with Gasteiger partial charge in [0.1, 0.15) is 35.4 Å². The molecule has 1 fully saturated rings. The van der Waals surface area contributed by atoms with E-state index in [2.05, 4.69) is 25.4 Å². The minimum Gasteiger partial charge on any atom is -0.479 e. The fourth-order valence-electron chi connectivity index (χ4n) is 5.81. The van der Waals surface area contributed by atoms with E-state index < -0.39 is 50.4 Å². The Bertz CT molecular complexity index is 2150. The zero-order chi connectivity index (χ0) is 38.8. The highest BCUT2D eigenvalue weighted by Gasteiger charge is 2.54. The lowest BCUT2D eigenvalue weighted by Gasteiger charge is -2.27. The molecule has 288 valence electrons. The van der Waals surface area contributed by atoms with Crippen molar-refractivity contribution in [1.82, 2.24) is 24.6 Å². The third-order valence-electron chi connectivity index (χ3n) is 8.68. The average Bonchev–Trinajstić information content (AvgIpc) is 3.65. The first kappa shape index (κ1) is 39.0. The Morgan fingerprint density at radius 3 is 2.56 bits per heavy atom. The molecule has 2 aromatic heterocycles. The van der Waals surface area contributed by atoms with Gasteiger partial charge in [-0.15, -0.1) is 0 Å². The number of imidazole rings is 1. The van der Waals surface area contributed by atoms with Gasteiger partial charge in [0, 0.05) is 11.9 Å². The number of nitrogens with zero attached hydrogens (tertiary/aromatic N) is 4. The van der Waals surface area contributed by atoms with E-state index in [1.165, 1.54) is 44.0 Å². The van der Waals surface area contributed by atoms with E-state index in [0.717, 1.165) is 10.9 Å². The van der Waals surface area contributed by atoms with Gasteiger partial charge in [-0.2, -0.15) is 15.1 Å². The van der Waals surface area contributed by atoms with Crippen molar-refractivity contribution in [3.63, 3.8) is 0 Å². The van der Waals surface area contributed by atoms with Crippen LogP contribution in [0.4, 0.5) is 10.3 Å². The Hall–Kier alpha value is -4.70. The third kappa shape index (κ3) is 8.65. The van der Waals surface area contributed by atoms with Crippen molar-refractivity contribution < 1.29 is 47.2 Å². The molecule has 1 aliphatic rings. The molecule has 54 heavy (non-hydrogen) atoms. The zero-order valence-corrected chi connectivity index (χ0v) is 31.6. The lowest BCUT2D eigenvalue weighted by Crippen LogP contribution is -2.44. The molecule has 4 N–H and O–H groups in total. The van der Waals surface area contributed by atoms with Crippen LogP contribution in [0.1, 0.15) is 46.4 Å². The molecule has 5 aromatic rings. The van der Waals surface area contributed by atoms with Crippen molar-refractivity contribution >= 4 is 41.6 Å². The number of ether oxygens (including phenoxy) is 3. The van der Waals surface area contributed by atoms with Crippen LogP contribution in [0.2, 0.25) is 0 Å². The molecule has 3 aromatic carbocycles. The number of fused-ring (bicyclic) bond motifs is 2. The normalized spacial score (nSPS) is 21.8. The van der Waals surface area contributed by atoms with Gasteiger partial charge in [-0.25, -0.2) is 13.9 Å². The molecular weight excluding hydrogens is 722 g/mol. The lowest BCUT2D eigenvalue weighted by atomic mass is 9.96. The summed E-state index contributed by atoms with van der Waals surface area (Å²) in [4.78, 5) is 26.3. The summed E-state index contributed by atoms with van der Waals surface area (Å²) in [7, 11) is -3.00. The number of carbonyl (C=O) groups is 1. The van der Waals surface area contributed by atoms with E-state index in [1.807, 2.05) is 39.0 Å². The van der Waals surface area contributed by atoms with E-state index in [-0.39, 0.29) is 53.1 Å². The molecule has 0 aliphatic carbocycles. The molecule has 0 radical (unpaired) electrons. The Morgan fingerprint density at radius 2 is 1.83 bits per heavy atom. The maximum absolute atomic E-state index is 14.5. The van der Waals surface area contributed by atoms with Gasteiger partial charge in [-0.05, 0) is 48.4 Å². The Morgan fingerprint density at radius 1 is 1.11 bits per heavy atom. The van der Waals surface area contributed by atoms with Gasteiger partial charge in [0.15, 0.2) is 17.4 Å². The van der Waals surface area contributed by atoms with E-state index in [9.17, 15) is 24.0 Å². The second kappa shape index (κ2) is 15.6. The molecule has 1 unspecified atom stereocenters. The molecule has 6 rings (SSSR count). The second-order valence-corrected chi connectivity index (χ2v) is 16.1. The first-order valence-electron chi connectivity index (χ1n) is 17.3. The molecule has 0 bridgehead atoms. The molecule has 3 heterocycles. The van der Waals surface area contributed by atoms with Crippen LogP contribution in [0.3, 0.4) is 0 Å². The van der Waals surface area contributed by atoms with Crippen molar-refractivity contribution in [2.24, 2.45) is 5.41 Å². The van der Waals surface area contributed by atoms with Crippen molar-refractivity contribution in [1.29, 1.82) is 0 Å². The van der Waals surface area contributed by atoms with Crippen LogP contribution in [0.25, 0.3) is 21.9 Å².